The number of nitrogens with zero attached hydrogens (tertiary/aromatic N) is 1. The van der Waals surface area contributed by atoms with E-state index in [1.54, 1.807) is 19.1 Å². The Labute approximate surface area is 179 Å². The van der Waals surface area contributed by atoms with E-state index >= 15 is 0 Å². The van der Waals surface area contributed by atoms with Crippen LogP contribution in [0.4, 0.5) is 13.2 Å². The molecule has 9 heteroatoms. The van der Waals surface area contributed by atoms with Gasteiger partial charge in [-0.15, -0.1) is 0 Å². The molecule has 3 aromatic rings. The molecular formula is C22H19F3N2O3S. The van der Waals surface area contributed by atoms with Gasteiger partial charge in [0.2, 0.25) is 0 Å². The van der Waals surface area contributed by atoms with Crippen molar-refractivity contribution >= 4 is 17.0 Å². The minimum absolute atomic E-state index is 0.0137. The van der Waals surface area contributed by atoms with Crippen molar-refractivity contribution < 1.29 is 26.7 Å². The summed E-state index contributed by atoms with van der Waals surface area (Å²) < 4.78 is 58.6. The Morgan fingerprint density at radius 2 is 1.81 bits per heavy atom. The van der Waals surface area contributed by atoms with E-state index in [0.29, 0.717) is 27.8 Å². The molecule has 0 aliphatic carbocycles. The maximum absolute atomic E-state index is 12.8. The van der Waals surface area contributed by atoms with Crippen LogP contribution in [0.15, 0.2) is 60.8 Å². The van der Waals surface area contributed by atoms with E-state index in [4.69, 9.17) is 0 Å². The summed E-state index contributed by atoms with van der Waals surface area (Å²) in [7, 11) is 0. The molecule has 0 bridgehead atoms. The van der Waals surface area contributed by atoms with E-state index in [1.807, 2.05) is 30.3 Å². The summed E-state index contributed by atoms with van der Waals surface area (Å²) in [5.41, 5.74) is 2.40. The third-order valence-electron chi connectivity index (χ3n) is 4.71. The maximum atomic E-state index is 12.8. The van der Waals surface area contributed by atoms with Gasteiger partial charge >= 0.3 is 6.18 Å². The lowest BCUT2D eigenvalue weighted by Crippen LogP contribution is -2.24. The van der Waals surface area contributed by atoms with Gasteiger partial charge in [0.15, 0.2) is 11.1 Å². The van der Waals surface area contributed by atoms with Crippen LogP contribution in [0.25, 0.3) is 11.1 Å². The summed E-state index contributed by atoms with van der Waals surface area (Å²) >= 11 is -2.09. The SMILES string of the molecule is Cc1c(CS(=O)O)cc(-c2ccccc2)cc1C(=O)NCc1ccc(C(F)(F)F)nc1. The Kier molecular flexibility index (Phi) is 6.87. The van der Waals surface area contributed by atoms with Gasteiger partial charge in [0.25, 0.3) is 5.91 Å². The van der Waals surface area contributed by atoms with Crippen molar-refractivity contribution in [2.24, 2.45) is 0 Å². The molecule has 2 N–H and O–H groups in total. The van der Waals surface area contributed by atoms with Gasteiger partial charge in [-0.2, -0.15) is 13.2 Å². The van der Waals surface area contributed by atoms with Gasteiger partial charge in [-0.3, -0.25) is 9.78 Å². The molecule has 162 valence electrons. The van der Waals surface area contributed by atoms with Crippen molar-refractivity contribution in [3.05, 3.63) is 88.7 Å². The normalized spacial score (nSPS) is 12.4. The highest BCUT2D eigenvalue weighted by atomic mass is 32.2. The molecule has 3 rings (SSSR count). The van der Waals surface area contributed by atoms with Crippen LogP contribution in [0.1, 0.15) is 32.7 Å². The number of carbonyl (C=O) groups excluding carboxylic acids is 1. The zero-order valence-corrected chi connectivity index (χ0v) is 17.3. The summed E-state index contributed by atoms with van der Waals surface area (Å²) in [4.78, 5) is 16.2. The molecule has 1 unspecified atom stereocenters. The second-order valence-electron chi connectivity index (χ2n) is 6.87. The number of halogens is 3. The molecule has 0 radical (unpaired) electrons. The fourth-order valence-corrected chi connectivity index (χ4v) is 3.63. The number of aromatic nitrogens is 1. The van der Waals surface area contributed by atoms with Crippen LogP contribution in [0.5, 0.6) is 0 Å². The molecule has 1 heterocycles. The molecule has 1 aromatic heterocycles. The van der Waals surface area contributed by atoms with Gasteiger partial charge < -0.3 is 9.87 Å². The van der Waals surface area contributed by atoms with Gasteiger partial charge in [0.1, 0.15) is 5.69 Å². The first-order valence-electron chi connectivity index (χ1n) is 9.22. The van der Waals surface area contributed by atoms with Crippen molar-refractivity contribution in [1.29, 1.82) is 0 Å². The molecule has 1 atom stereocenters. The number of benzene rings is 2. The molecule has 31 heavy (non-hydrogen) atoms. The van der Waals surface area contributed by atoms with E-state index in [2.05, 4.69) is 10.3 Å². The topological polar surface area (TPSA) is 79.3 Å². The summed E-state index contributed by atoms with van der Waals surface area (Å²) in [6, 6.07) is 14.8. The zero-order chi connectivity index (χ0) is 22.6. The van der Waals surface area contributed by atoms with Crippen molar-refractivity contribution in [1.82, 2.24) is 10.3 Å². The van der Waals surface area contributed by atoms with Gasteiger partial charge in [-0.25, -0.2) is 4.21 Å². The van der Waals surface area contributed by atoms with E-state index in [-0.39, 0.29) is 12.3 Å². The minimum Gasteiger partial charge on any atom is -0.348 e. The average Bonchev–Trinajstić information content (AvgIpc) is 2.73. The zero-order valence-electron chi connectivity index (χ0n) is 16.4. The number of amides is 1. The molecular weight excluding hydrogens is 429 g/mol. The minimum atomic E-state index is -4.53. The number of carbonyl (C=O) groups is 1. The first kappa shape index (κ1) is 22.6. The van der Waals surface area contributed by atoms with Crippen LogP contribution in [-0.2, 0) is 29.6 Å². The van der Waals surface area contributed by atoms with E-state index in [0.717, 1.165) is 17.8 Å². The number of nitrogens with one attached hydrogen (secondary N) is 1. The predicted molar refractivity (Wildman–Crippen MR) is 111 cm³/mol. The van der Waals surface area contributed by atoms with Crippen LogP contribution in [0.2, 0.25) is 0 Å². The third kappa shape index (κ3) is 5.77. The average molecular weight is 448 g/mol. The summed E-state index contributed by atoms with van der Waals surface area (Å²) in [5, 5.41) is 2.67. The Hall–Kier alpha value is -3.04. The fourth-order valence-electron chi connectivity index (χ4n) is 3.06. The van der Waals surface area contributed by atoms with E-state index in [9.17, 15) is 26.7 Å². The molecule has 0 aliphatic rings. The first-order chi connectivity index (χ1) is 14.6. The second kappa shape index (κ2) is 9.40. The highest BCUT2D eigenvalue weighted by molar-refractivity contribution is 7.78. The standard InChI is InChI=1S/C22H19F3N2O3S/c1-14-18(13-31(29)30)9-17(16-5-3-2-4-6-16)10-19(14)21(28)27-12-15-7-8-20(26-11-15)22(23,24)25/h2-11H,12-13H2,1H3,(H,27,28)(H,29,30). The number of hydrogen-bond donors (Lipinski definition) is 2. The number of rotatable bonds is 6. The second-order valence-corrected chi connectivity index (χ2v) is 7.80. The molecule has 0 fully saturated rings. The molecule has 2 aromatic carbocycles. The summed E-state index contributed by atoms with van der Waals surface area (Å²) in [6.07, 6.45) is -3.46. The largest absolute Gasteiger partial charge is 0.433 e. The lowest BCUT2D eigenvalue weighted by molar-refractivity contribution is -0.141. The van der Waals surface area contributed by atoms with Crippen LogP contribution in [-0.4, -0.2) is 19.7 Å². The number of hydrogen-bond acceptors (Lipinski definition) is 3. The maximum Gasteiger partial charge on any atom is 0.433 e. The van der Waals surface area contributed by atoms with Gasteiger partial charge in [0, 0.05) is 18.3 Å². The number of alkyl halides is 3. The van der Waals surface area contributed by atoms with Crippen LogP contribution >= 0.6 is 0 Å². The van der Waals surface area contributed by atoms with Gasteiger partial charge in [-0.1, -0.05) is 36.4 Å². The van der Waals surface area contributed by atoms with Crippen LogP contribution in [0.3, 0.4) is 0 Å². The summed E-state index contributed by atoms with van der Waals surface area (Å²) in [6.45, 7) is 1.67. The molecule has 0 saturated heterocycles. The fraction of sp³-hybridized carbons (Fsp3) is 0.182. The lowest BCUT2D eigenvalue weighted by Gasteiger charge is -2.14. The molecule has 5 nitrogen and oxygen atoms in total. The Morgan fingerprint density at radius 1 is 1.10 bits per heavy atom. The van der Waals surface area contributed by atoms with Crippen molar-refractivity contribution in [3.8, 4) is 11.1 Å². The molecule has 0 aliphatic heterocycles. The summed E-state index contributed by atoms with van der Waals surface area (Å²) in [5.74, 6) is -0.574. The smallest absolute Gasteiger partial charge is 0.348 e. The Balaban J connectivity index is 1.86. The predicted octanol–water partition coefficient (Wildman–Crippen LogP) is 4.73. The first-order valence-corrected chi connectivity index (χ1v) is 10.5. The highest BCUT2D eigenvalue weighted by Gasteiger charge is 2.32. The van der Waals surface area contributed by atoms with Crippen molar-refractivity contribution in [3.63, 3.8) is 0 Å². The monoisotopic (exact) mass is 448 g/mol. The quantitative estimate of drug-likeness (QED) is 0.535. The molecule has 0 saturated carbocycles. The van der Waals surface area contributed by atoms with E-state index in [1.165, 1.54) is 6.07 Å². The molecule has 0 spiro atoms. The van der Waals surface area contributed by atoms with Gasteiger partial charge in [-0.05, 0) is 52.9 Å². The van der Waals surface area contributed by atoms with Crippen molar-refractivity contribution in [2.45, 2.75) is 25.4 Å². The third-order valence-corrected chi connectivity index (χ3v) is 5.27. The number of pyridine rings is 1. The Bertz CT molecular complexity index is 1100. The van der Waals surface area contributed by atoms with Gasteiger partial charge in [0.05, 0.1) is 5.75 Å². The Morgan fingerprint density at radius 3 is 2.39 bits per heavy atom. The molecule has 1 amide bonds. The van der Waals surface area contributed by atoms with Crippen molar-refractivity contribution in [2.75, 3.05) is 0 Å². The highest BCUT2D eigenvalue weighted by Crippen LogP contribution is 2.28. The lowest BCUT2D eigenvalue weighted by atomic mass is 9.95. The van der Waals surface area contributed by atoms with Crippen LogP contribution in [0, 0.1) is 6.92 Å². The van der Waals surface area contributed by atoms with E-state index < -0.39 is 28.9 Å². The van der Waals surface area contributed by atoms with Crippen LogP contribution < -0.4 is 5.32 Å².